The zero-order chi connectivity index (χ0) is 13.4. The van der Waals surface area contributed by atoms with Crippen LogP contribution in [0.5, 0.6) is 0 Å². The lowest BCUT2D eigenvalue weighted by molar-refractivity contribution is 0.463. The van der Waals surface area contributed by atoms with Gasteiger partial charge in [0.05, 0.1) is 18.5 Å². The standard InChI is InChI=1S/C11H21N3O3S/c1-3-5-12-6-4-7-18(15,16)14-9-11-13-8-10(2)17-11/h8,12,14H,3-7,9H2,1-2H3. The summed E-state index contributed by atoms with van der Waals surface area (Å²) in [4.78, 5) is 3.93. The third-order valence-electron chi connectivity index (χ3n) is 2.31. The minimum atomic E-state index is -3.25. The highest BCUT2D eigenvalue weighted by atomic mass is 32.2. The van der Waals surface area contributed by atoms with Gasteiger partial charge in [0.2, 0.25) is 15.9 Å². The summed E-state index contributed by atoms with van der Waals surface area (Å²) in [5.74, 6) is 1.18. The van der Waals surface area contributed by atoms with E-state index >= 15 is 0 Å². The fourth-order valence-corrected chi connectivity index (χ4v) is 2.43. The molecular formula is C11H21N3O3S. The lowest BCUT2D eigenvalue weighted by atomic mass is 10.4. The minimum Gasteiger partial charge on any atom is -0.445 e. The Morgan fingerprint density at radius 2 is 2.17 bits per heavy atom. The van der Waals surface area contributed by atoms with Crippen molar-refractivity contribution < 1.29 is 12.8 Å². The Bertz CT molecular complexity index is 442. The summed E-state index contributed by atoms with van der Waals surface area (Å²) in [7, 11) is -3.25. The number of sulfonamides is 1. The number of hydrogen-bond donors (Lipinski definition) is 2. The van der Waals surface area contributed by atoms with Crippen LogP contribution >= 0.6 is 0 Å². The van der Waals surface area contributed by atoms with Gasteiger partial charge in [0.25, 0.3) is 0 Å². The van der Waals surface area contributed by atoms with Gasteiger partial charge in [-0.25, -0.2) is 18.1 Å². The van der Waals surface area contributed by atoms with E-state index < -0.39 is 10.0 Å². The number of oxazole rings is 1. The fraction of sp³-hybridized carbons (Fsp3) is 0.727. The summed E-state index contributed by atoms with van der Waals surface area (Å²) in [5.41, 5.74) is 0. The number of aryl methyl sites for hydroxylation is 1. The zero-order valence-electron chi connectivity index (χ0n) is 10.9. The van der Waals surface area contributed by atoms with Crippen LogP contribution in [0.2, 0.25) is 0 Å². The van der Waals surface area contributed by atoms with Gasteiger partial charge in [-0.3, -0.25) is 0 Å². The Balaban J connectivity index is 2.23. The first-order chi connectivity index (χ1) is 8.53. The van der Waals surface area contributed by atoms with Crippen LogP contribution in [0.1, 0.15) is 31.4 Å². The van der Waals surface area contributed by atoms with Gasteiger partial charge in [-0.2, -0.15) is 0 Å². The van der Waals surface area contributed by atoms with Gasteiger partial charge < -0.3 is 9.73 Å². The molecule has 0 bridgehead atoms. The number of nitrogens with zero attached hydrogens (tertiary/aromatic N) is 1. The summed E-state index contributed by atoms with van der Waals surface area (Å²) < 4.78 is 30.9. The SMILES string of the molecule is CCCNCCCS(=O)(=O)NCc1ncc(C)o1. The van der Waals surface area contributed by atoms with Crippen molar-refractivity contribution >= 4 is 10.0 Å². The molecule has 0 radical (unpaired) electrons. The predicted octanol–water partition coefficient (Wildman–Crippen LogP) is 0.792. The summed E-state index contributed by atoms with van der Waals surface area (Å²) in [6.07, 6.45) is 3.22. The van der Waals surface area contributed by atoms with Gasteiger partial charge in [-0.15, -0.1) is 0 Å². The second-order valence-corrected chi connectivity index (χ2v) is 6.03. The van der Waals surface area contributed by atoms with Crippen LogP contribution in [-0.2, 0) is 16.6 Å². The van der Waals surface area contributed by atoms with Crippen LogP contribution in [0.25, 0.3) is 0 Å². The molecule has 1 aromatic heterocycles. The van der Waals surface area contributed by atoms with Gasteiger partial charge >= 0.3 is 0 Å². The topological polar surface area (TPSA) is 84.2 Å². The van der Waals surface area contributed by atoms with E-state index in [1.165, 1.54) is 0 Å². The number of nitrogens with one attached hydrogen (secondary N) is 2. The van der Waals surface area contributed by atoms with E-state index in [4.69, 9.17) is 4.42 Å². The first-order valence-corrected chi connectivity index (χ1v) is 7.78. The molecule has 0 aliphatic rings. The predicted molar refractivity (Wildman–Crippen MR) is 69.6 cm³/mol. The molecule has 0 unspecified atom stereocenters. The van der Waals surface area contributed by atoms with Crippen LogP contribution in [0.15, 0.2) is 10.6 Å². The molecule has 0 aromatic carbocycles. The van der Waals surface area contributed by atoms with Gasteiger partial charge in [0, 0.05) is 0 Å². The first kappa shape index (κ1) is 15.1. The smallest absolute Gasteiger partial charge is 0.212 e. The summed E-state index contributed by atoms with van der Waals surface area (Å²) in [6.45, 7) is 5.59. The molecule has 6 nitrogen and oxygen atoms in total. The second kappa shape index (κ2) is 7.50. The van der Waals surface area contributed by atoms with Crippen molar-refractivity contribution in [1.82, 2.24) is 15.0 Å². The van der Waals surface area contributed by atoms with Crippen LogP contribution in [-0.4, -0.2) is 32.2 Å². The Morgan fingerprint density at radius 1 is 1.39 bits per heavy atom. The molecule has 1 heterocycles. The molecule has 1 aromatic rings. The maximum Gasteiger partial charge on any atom is 0.212 e. The molecule has 0 spiro atoms. The largest absolute Gasteiger partial charge is 0.445 e. The lowest BCUT2D eigenvalue weighted by Gasteiger charge is -2.05. The van der Waals surface area contributed by atoms with Crippen molar-refractivity contribution in [3.63, 3.8) is 0 Å². The third kappa shape index (κ3) is 6.13. The van der Waals surface area contributed by atoms with E-state index in [9.17, 15) is 8.42 Å². The molecule has 7 heteroatoms. The molecule has 18 heavy (non-hydrogen) atoms. The van der Waals surface area contributed by atoms with Crippen molar-refractivity contribution in [1.29, 1.82) is 0 Å². The molecule has 0 fully saturated rings. The van der Waals surface area contributed by atoms with E-state index in [0.717, 1.165) is 13.0 Å². The van der Waals surface area contributed by atoms with E-state index in [-0.39, 0.29) is 12.3 Å². The lowest BCUT2D eigenvalue weighted by Crippen LogP contribution is -2.28. The van der Waals surface area contributed by atoms with Crippen LogP contribution < -0.4 is 10.0 Å². The minimum absolute atomic E-state index is 0.110. The highest BCUT2D eigenvalue weighted by Crippen LogP contribution is 2.01. The molecule has 104 valence electrons. The molecule has 0 aliphatic heterocycles. The summed E-state index contributed by atoms with van der Waals surface area (Å²) >= 11 is 0. The average molecular weight is 275 g/mol. The Labute approximate surface area is 108 Å². The fourth-order valence-electron chi connectivity index (χ4n) is 1.42. The molecule has 0 amide bonds. The quantitative estimate of drug-likeness (QED) is 0.651. The molecule has 0 atom stereocenters. The maximum absolute atomic E-state index is 11.6. The van der Waals surface area contributed by atoms with Crippen LogP contribution in [0.4, 0.5) is 0 Å². The number of hydrogen-bond acceptors (Lipinski definition) is 5. The normalized spacial score (nSPS) is 11.9. The maximum atomic E-state index is 11.6. The van der Waals surface area contributed by atoms with Crippen molar-refractivity contribution in [3.8, 4) is 0 Å². The average Bonchev–Trinajstić information content (AvgIpc) is 2.73. The van der Waals surface area contributed by atoms with Gasteiger partial charge in [-0.05, 0) is 32.9 Å². The number of rotatable bonds is 9. The van der Waals surface area contributed by atoms with Gasteiger partial charge in [0.15, 0.2) is 0 Å². The van der Waals surface area contributed by atoms with Crippen molar-refractivity contribution in [2.45, 2.75) is 33.2 Å². The van der Waals surface area contributed by atoms with Crippen molar-refractivity contribution in [2.75, 3.05) is 18.8 Å². The molecule has 0 saturated carbocycles. The zero-order valence-corrected chi connectivity index (χ0v) is 11.7. The molecular weight excluding hydrogens is 254 g/mol. The van der Waals surface area contributed by atoms with Crippen LogP contribution in [0.3, 0.4) is 0 Å². The highest BCUT2D eigenvalue weighted by molar-refractivity contribution is 7.89. The van der Waals surface area contributed by atoms with E-state index in [1.54, 1.807) is 13.1 Å². The van der Waals surface area contributed by atoms with Gasteiger partial charge in [0.1, 0.15) is 5.76 Å². The third-order valence-corrected chi connectivity index (χ3v) is 3.72. The van der Waals surface area contributed by atoms with Crippen molar-refractivity contribution in [3.05, 3.63) is 17.8 Å². The van der Waals surface area contributed by atoms with E-state index in [2.05, 4.69) is 21.9 Å². The van der Waals surface area contributed by atoms with Crippen LogP contribution in [0, 0.1) is 6.92 Å². The monoisotopic (exact) mass is 275 g/mol. The Kier molecular flexibility index (Phi) is 6.31. The first-order valence-electron chi connectivity index (χ1n) is 6.13. The van der Waals surface area contributed by atoms with E-state index in [1.807, 2.05) is 0 Å². The molecule has 2 N–H and O–H groups in total. The highest BCUT2D eigenvalue weighted by Gasteiger charge is 2.11. The molecule has 1 rings (SSSR count). The summed E-state index contributed by atoms with van der Waals surface area (Å²) in [5, 5.41) is 3.16. The van der Waals surface area contributed by atoms with Gasteiger partial charge in [-0.1, -0.05) is 6.92 Å². The van der Waals surface area contributed by atoms with E-state index in [0.29, 0.717) is 24.6 Å². The van der Waals surface area contributed by atoms with Crippen molar-refractivity contribution in [2.24, 2.45) is 0 Å². The Hall–Kier alpha value is -0.920. The molecule has 0 aliphatic carbocycles. The Morgan fingerprint density at radius 3 is 2.78 bits per heavy atom. The summed E-state index contributed by atoms with van der Waals surface area (Å²) in [6, 6.07) is 0. The number of aromatic nitrogens is 1. The second-order valence-electron chi connectivity index (χ2n) is 4.11. The molecule has 0 saturated heterocycles.